The van der Waals surface area contributed by atoms with Crippen molar-refractivity contribution in [3.05, 3.63) is 54.1 Å². The van der Waals surface area contributed by atoms with Crippen LogP contribution in [0.25, 0.3) is 22.5 Å². The molecule has 0 atom stereocenters. The molecule has 1 heterocycles. The molecule has 184 valence electrons. The highest BCUT2D eigenvalue weighted by Crippen LogP contribution is 2.40. The van der Waals surface area contributed by atoms with Gasteiger partial charge in [0.2, 0.25) is 11.7 Å². The van der Waals surface area contributed by atoms with Crippen LogP contribution >= 0.6 is 0 Å². The molecule has 1 fully saturated rings. The maximum Gasteiger partial charge on any atom is 0.310 e. The SMILES string of the molecule is CCCCN(Cc1ccc(-c2ccccc2-c2nn[nH]n2)cc1)C(=O)CC1(C(=O)O)CCCCC1. The molecule has 0 spiro atoms. The third kappa shape index (κ3) is 5.75. The molecule has 8 heteroatoms. The number of hydrogen-bond acceptors (Lipinski definition) is 5. The van der Waals surface area contributed by atoms with Crippen molar-refractivity contribution in [1.29, 1.82) is 0 Å². The number of aliphatic carboxylic acids is 1. The van der Waals surface area contributed by atoms with E-state index < -0.39 is 11.4 Å². The van der Waals surface area contributed by atoms with Gasteiger partial charge in [0, 0.05) is 25.1 Å². The average Bonchev–Trinajstić information content (AvgIpc) is 3.42. The summed E-state index contributed by atoms with van der Waals surface area (Å²) in [7, 11) is 0. The predicted octanol–water partition coefficient (Wildman–Crippen LogP) is 5.09. The van der Waals surface area contributed by atoms with Crippen LogP contribution in [-0.4, -0.2) is 49.1 Å². The Labute approximate surface area is 205 Å². The number of carbonyl (C=O) groups is 2. The third-order valence-electron chi connectivity index (χ3n) is 7.04. The number of aromatic amines is 1. The van der Waals surface area contributed by atoms with Crippen LogP contribution in [0.5, 0.6) is 0 Å². The summed E-state index contributed by atoms with van der Waals surface area (Å²) in [4.78, 5) is 27.3. The number of rotatable bonds is 10. The normalized spacial score (nSPS) is 15.0. The summed E-state index contributed by atoms with van der Waals surface area (Å²) in [6.07, 6.45) is 5.92. The van der Waals surface area contributed by atoms with Gasteiger partial charge in [-0.25, -0.2) is 0 Å². The Kier molecular flexibility index (Phi) is 7.90. The van der Waals surface area contributed by atoms with E-state index in [1.165, 1.54) is 0 Å². The van der Waals surface area contributed by atoms with E-state index in [4.69, 9.17) is 0 Å². The topological polar surface area (TPSA) is 112 Å². The van der Waals surface area contributed by atoms with Gasteiger partial charge in [-0.1, -0.05) is 81.1 Å². The highest BCUT2D eigenvalue weighted by molar-refractivity contribution is 5.85. The number of nitrogens with zero attached hydrogens (tertiary/aromatic N) is 4. The van der Waals surface area contributed by atoms with E-state index in [-0.39, 0.29) is 12.3 Å². The minimum atomic E-state index is -0.914. The van der Waals surface area contributed by atoms with Gasteiger partial charge in [-0.2, -0.15) is 5.21 Å². The second-order valence-corrected chi connectivity index (χ2v) is 9.47. The van der Waals surface area contributed by atoms with Crippen molar-refractivity contribution < 1.29 is 14.7 Å². The molecule has 0 aliphatic heterocycles. The van der Waals surface area contributed by atoms with Gasteiger partial charge < -0.3 is 10.0 Å². The number of carbonyl (C=O) groups excluding carboxylic acids is 1. The van der Waals surface area contributed by atoms with Gasteiger partial charge in [0.05, 0.1) is 5.41 Å². The Morgan fingerprint density at radius 3 is 2.37 bits per heavy atom. The zero-order chi connectivity index (χ0) is 24.7. The number of amides is 1. The standard InChI is InChI=1S/C27H33N5O3/c1-2-3-17-32(24(33)18-27(26(34)35)15-7-4-8-16-27)19-20-11-13-21(14-12-20)22-9-5-6-10-23(22)25-28-30-31-29-25/h5-6,9-14H,2-4,7-8,15-19H2,1H3,(H,34,35)(H,28,29,30,31). The molecule has 1 amide bonds. The monoisotopic (exact) mass is 475 g/mol. The van der Waals surface area contributed by atoms with Gasteiger partial charge in [-0.3, -0.25) is 9.59 Å². The second kappa shape index (κ2) is 11.3. The molecular weight excluding hydrogens is 442 g/mol. The minimum Gasteiger partial charge on any atom is -0.481 e. The Hall–Kier alpha value is -3.55. The first kappa shape index (κ1) is 24.6. The molecule has 3 aromatic rings. The number of H-pyrrole nitrogens is 1. The van der Waals surface area contributed by atoms with Crippen LogP contribution in [-0.2, 0) is 16.1 Å². The van der Waals surface area contributed by atoms with Crippen LogP contribution < -0.4 is 0 Å². The molecule has 8 nitrogen and oxygen atoms in total. The molecule has 2 aromatic carbocycles. The largest absolute Gasteiger partial charge is 0.481 e. The molecule has 0 bridgehead atoms. The lowest BCUT2D eigenvalue weighted by atomic mass is 9.71. The van der Waals surface area contributed by atoms with Crippen LogP contribution in [0.4, 0.5) is 0 Å². The summed E-state index contributed by atoms with van der Waals surface area (Å²) in [5, 5.41) is 24.3. The number of carboxylic acids is 1. The number of tetrazole rings is 1. The number of benzene rings is 2. The number of aromatic nitrogens is 4. The summed E-state index contributed by atoms with van der Waals surface area (Å²) in [6, 6.07) is 16.0. The second-order valence-electron chi connectivity index (χ2n) is 9.47. The number of carboxylic acid groups (broad SMARTS) is 1. The van der Waals surface area contributed by atoms with Crippen LogP contribution in [0, 0.1) is 5.41 Å². The zero-order valence-electron chi connectivity index (χ0n) is 20.2. The number of hydrogen-bond donors (Lipinski definition) is 2. The molecule has 0 saturated heterocycles. The number of nitrogens with one attached hydrogen (secondary N) is 1. The maximum absolute atomic E-state index is 13.3. The van der Waals surface area contributed by atoms with Crippen molar-refractivity contribution in [2.75, 3.05) is 6.54 Å². The fourth-order valence-electron chi connectivity index (χ4n) is 4.95. The van der Waals surface area contributed by atoms with Crippen LogP contribution in [0.1, 0.15) is 63.9 Å². The van der Waals surface area contributed by atoms with Gasteiger partial charge in [-0.15, -0.1) is 10.2 Å². The van der Waals surface area contributed by atoms with Gasteiger partial charge in [0.25, 0.3) is 0 Å². The van der Waals surface area contributed by atoms with E-state index in [1.807, 2.05) is 53.4 Å². The van der Waals surface area contributed by atoms with E-state index in [2.05, 4.69) is 27.5 Å². The molecule has 35 heavy (non-hydrogen) atoms. The first-order chi connectivity index (χ1) is 17.0. The van der Waals surface area contributed by atoms with E-state index >= 15 is 0 Å². The summed E-state index contributed by atoms with van der Waals surface area (Å²) in [5.74, 6) is -0.351. The lowest BCUT2D eigenvalue weighted by Crippen LogP contribution is -2.41. The van der Waals surface area contributed by atoms with Gasteiger partial charge in [-0.05, 0) is 41.2 Å². The first-order valence-electron chi connectivity index (χ1n) is 12.5. The summed E-state index contributed by atoms with van der Waals surface area (Å²) in [5.41, 5.74) is 3.01. The van der Waals surface area contributed by atoms with Crippen molar-refractivity contribution in [1.82, 2.24) is 25.5 Å². The Morgan fingerprint density at radius 1 is 1.03 bits per heavy atom. The van der Waals surface area contributed by atoms with Crippen LogP contribution in [0.2, 0.25) is 0 Å². The fraction of sp³-hybridized carbons (Fsp3) is 0.444. The molecule has 1 aromatic heterocycles. The van der Waals surface area contributed by atoms with Gasteiger partial charge in [0.15, 0.2) is 0 Å². The van der Waals surface area contributed by atoms with Crippen LogP contribution in [0.3, 0.4) is 0 Å². The molecular formula is C27H33N5O3. The van der Waals surface area contributed by atoms with Crippen molar-refractivity contribution >= 4 is 11.9 Å². The number of unbranched alkanes of at least 4 members (excludes halogenated alkanes) is 1. The first-order valence-corrected chi connectivity index (χ1v) is 12.5. The third-order valence-corrected chi connectivity index (χ3v) is 7.04. The highest BCUT2D eigenvalue weighted by Gasteiger charge is 2.42. The Balaban J connectivity index is 1.51. The molecule has 2 N–H and O–H groups in total. The maximum atomic E-state index is 13.3. The van der Waals surface area contributed by atoms with Crippen molar-refractivity contribution in [3.8, 4) is 22.5 Å². The smallest absolute Gasteiger partial charge is 0.310 e. The van der Waals surface area contributed by atoms with Crippen molar-refractivity contribution in [2.24, 2.45) is 5.41 Å². The Bertz CT molecular complexity index is 1120. The zero-order valence-corrected chi connectivity index (χ0v) is 20.2. The summed E-state index contributed by atoms with van der Waals surface area (Å²) >= 11 is 0. The van der Waals surface area contributed by atoms with Crippen molar-refractivity contribution in [3.63, 3.8) is 0 Å². The fourth-order valence-corrected chi connectivity index (χ4v) is 4.95. The summed E-state index contributed by atoms with van der Waals surface area (Å²) < 4.78 is 0. The van der Waals surface area contributed by atoms with Crippen molar-refractivity contribution in [2.45, 2.75) is 64.8 Å². The van der Waals surface area contributed by atoms with Gasteiger partial charge >= 0.3 is 5.97 Å². The molecule has 1 saturated carbocycles. The molecule has 1 aliphatic carbocycles. The van der Waals surface area contributed by atoms with E-state index in [9.17, 15) is 14.7 Å². The van der Waals surface area contributed by atoms with E-state index in [0.717, 1.165) is 54.4 Å². The highest BCUT2D eigenvalue weighted by atomic mass is 16.4. The molecule has 0 radical (unpaired) electrons. The quantitative estimate of drug-likeness (QED) is 0.422. The Morgan fingerprint density at radius 2 is 1.74 bits per heavy atom. The van der Waals surface area contributed by atoms with Gasteiger partial charge in [0.1, 0.15) is 0 Å². The van der Waals surface area contributed by atoms with E-state index in [1.54, 1.807) is 0 Å². The molecule has 1 aliphatic rings. The minimum absolute atomic E-state index is 0.0609. The lowest BCUT2D eigenvalue weighted by molar-refractivity contribution is -0.156. The van der Waals surface area contributed by atoms with E-state index in [0.29, 0.717) is 31.8 Å². The molecule has 4 rings (SSSR count). The molecule has 0 unspecified atom stereocenters. The van der Waals surface area contributed by atoms with Crippen LogP contribution in [0.15, 0.2) is 48.5 Å². The summed E-state index contributed by atoms with van der Waals surface area (Å²) in [6.45, 7) is 3.20. The predicted molar refractivity (Wildman–Crippen MR) is 133 cm³/mol. The lowest BCUT2D eigenvalue weighted by Gasteiger charge is -2.34. The average molecular weight is 476 g/mol.